The number of hydrogen-bond acceptors (Lipinski definition) is 5. The summed E-state index contributed by atoms with van der Waals surface area (Å²) >= 11 is 0. The van der Waals surface area contributed by atoms with Crippen molar-refractivity contribution in [2.24, 2.45) is 0 Å². The van der Waals surface area contributed by atoms with Gasteiger partial charge in [0.2, 0.25) is 11.9 Å². The molecule has 1 aliphatic rings. The zero-order chi connectivity index (χ0) is 17.4. The molecular formula is C18H16N4O3. The molecule has 0 aliphatic heterocycles. The number of nitrogens with zero attached hydrogens (tertiary/aromatic N) is 3. The van der Waals surface area contributed by atoms with Gasteiger partial charge in [0.25, 0.3) is 0 Å². The van der Waals surface area contributed by atoms with Crippen molar-refractivity contribution in [2.45, 2.75) is 18.3 Å². The van der Waals surface area contributed by atoms with Crippen LogP contribution in [0.2, 0.25) is 0 Å². The first-order valence-electron chi connectivity index (χ1n) is 7.95. The molecule has 1 fully saturated rings. The predicted octanol–water partition coefficient (Wildman–Crippen LogP) is 2.19. The number of hydrogen-bond donors (Lipinski definition) is 1. The van der Waals surface area contributed by atoms with Crippen molar-refractivity contribution < 1.29 is 14.3 Å². The van der Waals surface area contributed by atoms with E-state index in [1.54, 1.807) is 18.2 Å². The Bertz CT molecular complexity index is 961. The van der Waals surface area contributed by atoms with Gasteiger partial charge in [0, 0.05) is 0 Å². The largest absolute Gasteiger partial charge is 0.464 e. The fourth-order valence-corrected chi connectivity index (χ4v) is 2.97. The van der Waals surface area contributed by atoms with Crippen molar-refractivity contribution >= 4 is 23.5 Å². The van der Waals surface area contributed by atoms with Crippen molar-refractivity contribution in [3.63, 3.8) is 0 Å². The van der Waals surface area contributed by atoms with Crippen LogP contribution in [0.1, 0.15) is 28.9 Å². The molecule has 0 atom stereocenters. The standard InChI is InChI=1S/C18H16N4O3/c1-25-15(23)13-8-5-9-14-19-17(21-22(13)14)20-16(24)18(10-11-18)12-6-3-2-4-7-12/h2-9H,10-11H2,1H3,(H,20,21,24). The second-order valence-electron chi connectivity index (χ2n) is 6.01. The molecule has 1 aliphatic carbocycles. The molecule has 25 heavy (non-hydrogen) atoms. The molecule has 126 valence electrons. The van der Waals surface area contributed by atoms with Gasteiger partial charge in [-0.2, -0.15) is 4.98 Å². The van der Waals surface area contributed by atoms with Crippen LogP contribution in [0.3, 0.4) is 0 Å². The minimum Gasteiger partial charge on any atom is -0.464 e. The number of esters is 1. The number of rotatable bonds is 4. The molecule has 2 heterocycles. The monoisotopic (exact) mass is 336 g/mol. The van der Waals surface area contributed by atoms with E-state index in [4.69, 9.17) is 4.74 Å². The average Bonchev–Trinajstić information content (AvgIpc) is 3.36. The molecule has 0 unspecified atom stereocenters. The Balaban J connectivity index is 1.63. The van der Waals surface area contributed by atoms with Crippen LogP contribution in [0.5, 0.6) is 0 Å². The maximum absolute atomic E-state index is 12.8. The molecule has 0 saturated heterocycles. The van der Waals surface area contributed by atoms with Crippen LogP contribution < -0.4 is 5.32 Å². The topological polar surface area (TPSA) is 85.6 Å². The normalized spacial score (nSPS) is 14.9. The van der Waals surface area contributed by atoms with E-state index in [0.29, 0.717) is 5.65 Å². The first kappa shape index (κ1) is 15.3. The van der Waals surface area contributed by atoms with Crippen molar-refractivity contribution in [1.29, 1.82) is 0 Å². The fraction of sp³-hybridized carbons (Fsp3) is 0.222. The summed E-state index contributed by atoms with van der Waals surface area (Å²) in [7, 11) is 1.30. The summed E-state index contributed by atoms with van der Waals surface area (Å²) in [5.74, 6) is -0.478. The molecule has 0 bridgehead atoms. The van der Waals surface area contributed by atoms with E-state index in [1.807, 2.05) is 30.3 Å². The number of carbonyl (C=O) groups is 2. The fourth-order valence-electron chi connectivity index (χ4n) is 2.97. The second-order valence-corrected chi connectivity index (χ2v) is 6.01. The van der Waals surface area contributed by atoms with E-state index in [1.165, 1.54) is 11.6 Å². The molecule has 1 aromatic carbocycles. The number of benzene rings is 1. The van der Waals surface area contributed by atoms with Gasteiger partial charge in [0.15, 0.2) is 11.3 Å². The first-order chi connectivity index (χ1) is 12.1. The third kappa shape index (κ3) is 2.53. The van der Waals surface area contributed by atoms with Gasteiger partial charge >= 0.3 is 5.97 Å². The van der Waals surface area contributed by atoms with Gasteiger partial charge < -0.3 is 4.74 Å². The molecule has 1 N–H and O–H groups in total. The van der Waals surface area contributed by atoms with Crippen LogP contribution in [0.25, 0.3) is 5.65 Å². The number of amides is 1. The highest BCUT2D eigenvalue weighted by Gasteiger charge is 2.51. The van der Waals surface area contributed by atoms with Gasteiger partial charge in [0.1, 0.15) is 0 Å². The highest BCUT2D eigenvalue weighted by molar-refractivity contribution is 6.00. The van der Waals surface area contributed by atoms with Crippen LogP contribution in [-0.2, 0) is 14.9 Å². The summed E-state index contributed by atoms with van der Waals surface area (Å²) in [6, 6.07) is 14.7. The molecule has 1 amide bonds. The van der Waals surface area contributed by atoms with Gasteiger partial charge in [-0.05, 0) is 30.5 Å². The number of anilines is 1. The van der Waals surface area contributed by atoms with Gasteiger partial charge in [-0.15, -0.1) is 5.10 Å². The molecule has 0 radical (unpaired) electrons. The summed E-state index contributed by atoms with van der Waals surface area (Å²) in [5.41, 5.74) is 1.19. The van der Waals surface area contributed by atoms with Crippen LogP contribution in [-0.4, -0.2) is 33.6 Å². The highest BCUT2D eigenvalue weighted by atomic mass is 16.5. The van der Waals surface area contributed by atoms with E-state index in [-0.39, 0.29) is 17.5 Å². The number of ether oxygens (including phenoxy) is 1. The van der Waals surface area contributed by atoms with Crippen molar-refractivity contribution in [3.05, 3.63) is 59.8 Å². The lowest BCUT2D eigenvalue weighted by Crippen LogP contribution is -2.28. The number of aromatic nitrogens is 3. The Hall–Kier alpha value is -3.22. The number of fused-ring (bicyclic) bond motifs is 1. The van der Waals surface area contributed by atoms with Crippen LogP contribution in [0.4, 0.5) is 5.95 Å². The molecule has 3 aromatic rings. The third-order valence-corrected chi connectivity index (χ3v) is 4.49. The van der Waals surface area contributed by atoms with Gasteiger partial charge in [-0.3, -0.25) is 10.1 Å². The average molecular weight is 336 g/mol. The maximum Gasteiger partial charge on any atom is 0.356 e. The smallest absolute Gasteiger partial charge is 0.356 e. The zero-order valence-electron chi connectivity index (χ0n) is 13.6. The highest BCUT2D eigenvalue weighted by Crippen LogP contribution is 2.48. The summed E-state index contributed by atoms with van der Waals surface area (Å²) < 4.78 is 6.11. The summed E-state index contributed by atoms with van der Waals surface area (Å²) in [4.78, 5) is 28.8. The quantitative estimate of drug-likeness (QED) is 0.738. The molecule has 0 spiro atoms. The SMILES string of the molecule is COC(=O)c1cccc2nc(NC(=O)C3(c4ccccc4)CC3)nn12. The lowest BCUT2D eigenvalue weighted by molar-refractivity contribution is -0.118. The van der Waals surface area contributed by atoms with Crippen LogP contribution >= 0.6 is 0 Å². The minimum atomic E-state index is -0.517. The molecule has 7 nitrogen and oxygen atoms in total. The van der Waals surface area contributed by atoms with Crippen molar-refractivity contribution in [1.82, 2.24) is 14.6 Å². The van der Waals surface area contributed by atoms with Crippen LogP contribution in [0.15, 0.2) is 48.5 Å². The van der Waals surface area contributed by atoms with E-state index in [9.17, 15) is 9.59 Å². The third-order valence-electron chi connectivity index (χ3n) is 4.49. The Labute approximate surface area is 143 Å². The van der Waals surface area contributed by atoms with E-state index >= 15 is 0 Å². The number of methoxy groups -OCH3 is 1. The molecule has 7 heteroatoms. The summed E-state index contributed by atoms with van der Waals surface area (Å²) in [6.45, 7) is 0. The molecule has 4 rings (SSSR count). The van der Waals surface area contributed by atoms with Crippen molar-refractivity contribution in [2.75, 3.05) is 12.4 Å². The Morgan fingerprint density at radius 3 is 2.56 bits per heavy atom. The number of pyridine rings is 1. The lowest BCUT2D eigenvalue weighted by atomic mass is 9.95. The van der Waals surface area contributed by atoms with Gasteiger partial charge in [0.05, 0.1) is 12.5 Å². The molecular weight excluding hydrogens is 320 g/mol. The number of nitrogens with one attached hydrogen (secondary N) is 1. The summed E-state index contributed by atoms with van der Waals surface area (Å²) in [5, 5.41) is 7.01. The predicted molar refractivity (Wildman–Crippen MR) is 90.3 cm³/mol. The van der Waals surface area contributed by atoms with E-state index in [0.717, 1.165) is 18.4 Å². The lowest BCUT2D eigenvalue weighted by Gasteiger charge is -2.13. The first-order valence-corrected chi connectivity index (χ1v) is 7.95. The van der Waals surface area contributed by atoms with Crippen molar-refractivity contribution in [3.8, 4) is 0 Å². The number of carbonyl (C=O) groups excluding carboxylic acids is 2. The van der Waals surface area contributed by atoms with E-state index < -0.39 is 11.4 Å². The van der Waals surface area contributed by atoms with E-state index in [2.05, 4.69) is 15.4 Å². The Morgan fingerprint density at radius 2 is 1.88 bits per heavy atom. The van der Waals surface area contributed by atoms with Crippen LogP contribution in [0, 0.1) is 0 Å². The van der Waals surface area contributed by atoms with Gasteiger partial charge in [-0.25, -0.2) is 9.31 Å². The Kier molecular flexibility index (Phi) is 3.49. The molecule has 1 saturated carbocycles. The zero-order valence-corrected chi connectivity index (χ0v) is 13.6. The maximum atomic E-state index is 12.8. The second kappa shape index (κ2) is 5.70. The Morgan fingerprint density at radius 1 is 1.12 bits per heavy atom. The minimum absolute atomic E-state index is 0.130. The van der Waals surface area contributed by atoms with Gasteiger partial charge in [-0.1, -0.05) is 36.4 Å². The molecule has 2 aromatic heterocycles. The summed E-state index contributed by atoms with van der Waals surface area (Å²) in [6.07, 6.45) is 1.59.